The van der Waals surface area contributed by atoms with Crippen LogP contribution in [0, 0.1) is 23.4 Å². The van der Waals surface area contributed by atoms with Crippen molar-refractivity contribution in [1.29, 1.82) is 0 Å². The van der Waals surface area contributed by atoms with Gasteiger partial charge in [-0.1, -0.05) is 19.9 Å². The minimum atomic E-state index is -1.30. The molecule has 0 radical (unpaired) electrons. The summed E-state index contributed by atoms with van der Waals surface area (Å²) >= 11 is 1.36. The van der Waals surface area contributed by atoms with Crippen LogP contribution in [0.4, 0.5) is 13.2 Å². The van der Waals surface area contributed by atoms with Crippen LogP contribution in [-0.2, 0) is 33.8 Å². The fraction of sp³-hybridized carbons (Fsp3) is 0.464. The predicted octanol–water partition coefficient (Wildman–Crippen LogP) is 3.34. The van der Waals surface area contributed by atoms with E-state index in [4.69, 9.17) is 10.5 Å². The fourth-order valence-corrected chi connectivity index (χ4v) is 6.13. The SMILES string of the molecule is CC(C)C(Oc1ccc2c(c1)CCN(C(=O)C1SCCN1C(=O)CC(N)Cc1cc(F)c(F)cc1F)C2)C(=O)O. The second-order valence-corrected chi connectivity index (χ2v) is 11.6. The normalized spacial score (nSPS) is 18.4. The minimum Gasteiger partial charge on any atom is -0.478 e. The van der Waals surface area contributed by atoms with Gasteiger partial charge in [-0.05, 0) is 47.7 Å². The number of carbonyl (C=O) groups excluding carboxylic acids is 2. The molecular weight excluding hydrogens is 547 g/mol. The van der Waals surface area contributed by atoms with Crippen molar-refractivity contribution in [3.05, 3.63) is 64.5 Å². The van der Waals surface area contributed by atoms with Gasteiger partial charge in [0.05, 0.1) is 0 Å². The fourth-order valence-electron chi connectivity index (χ4n) is 4.91. The van der Waals surface area contributed by atoms with Crippen molar-refractivity contribution in [2.45, 2.75) is 57.2 Å². The molecule has 0 saturated carbocycles. The molecule has 216 valence electrons. The third-order valence-electron chi connectivity index (χ3n) is 7.04. The molecule has 0 aromatic heterocycles. The minimum absolute atomic E-state index is 0.120. The number of nitrogens with zero attached hydrogens (tertiary/aromatic N) is 2. The van der Waals surface area contributed by atoms with Crippen molar-refractivity contribution in [3.8, 4) is 5.75 Å². The number of ether oxygens (including phenoxy) is 1. The Balaban J connectivity index is 1.37. The van der Waals surface area contributed by atoms with Gasteiger partial charge in [0.1, 0.15) is 11.6 Å². The van der Waals surface area contributed by atoms with Gasteiger partial charge < -0.3 is 25.4 Å². The van der Waals surface area contributed by atoms with Gasteiger partial charge in [0.25, 0.3) is 5.91 Å². The Morgan fingerprint density at radius 2 is 1.80 bits per heavy atom. The number of thioether (sulfide) groups is 1. The van der Waals surface area contributed by atoms with Crippen molar-refractivity contribution in [1.82, 2.24) is 9.80 Å². The molecule has 3 unspecified atom stereocenters. The highest BCUT2D eigenvalue weighted by Crippen LogP contribution is 2.30. The summed E-state index contributed by atoms with van der Waals surface area (Å²) in [6.45, 7) is 4.68. The number of benzene rings is 2. The first kappa shape index (κ1) is 29.7. The highest BCUT2D eigenvalue weighted by Gasteiger charge is 2.38. The van der Waals surface area contributed by atoms with Gasteiger partial charge in [0.15, 0.2) is 23.1 Å². The summed E-state index contributed by atoms with van der Waals surface area (Å²) in [5.41, 5.74) is 7.81. The van der Waals surface area contributed by atoms with Gasteiger partial charge >= 0.3 is 5.97 Å². The van der Waals surface area contributed by atoms with E-state index in [2.05, 4.69) is 0 Å². The molecule has 0 spiro atoms. The van der Waals surface area contributed by atoms with E-state index in [0.717, 1.165) is 17.2 Å². The molecule has 40 heavy (non-hydrogen) atoms. The third kappa shape index (κ3) is 6.72. The maximum atomic E-state index is 14.0. The number of fused-ring (bicyclic) bond motifs is 1. The molecule has 2 aliphatic heterocycles. The molecule has 3 N–H and O–H groups in total. The molecule has 2 amide bonds. The maximum Gasteiger partial charge on any atom is 0.345 e. The molecule has 2 aromatic carbocycles. The highest BCUT2D eigenvalue weighted by molar-refractivity contribution is 8.00. The van der Waals surface area contributed by atoms with Gasteiger partial charge in [0, 0.05) is 49.8 Å². The number of carboxylic acid groups (broad SMARTS) is 1. The Bertz CT molecular complexity index is 1290. The van der Waals surface area contributed by atoms with Gasteiger partial charge in [-0.3, -0.25) is 9.59 Å². The standard InChI is InChI=1S/C28H32F3N3O5S/c1-15(2)25(28(37)38)39-20-4-3-17-14-33(6-5-16(17)10-20)26(36)27-34(7-8-40-27)24(35)12-19(32)9-18-11-22(30)23(31)13-21(18)29/h3-4,10-11,13,15,19,25,27H,5-9,12,14,32H2,1-2H3,(H,37,38). The summed E-state index contributed by atoms with van der Waals surface area (Å²) in [4.78, 5) is 41.1. The molecule has 0 bridgehead atoms. The van der Waals surface area contributed by atoms with Gasteiger partial charge in [-0.2, -0.15) is 0 Å². The Morgan fingerprint density at radius 3 is 2.50 bits per heavy atom. The zero-order valence-corrected chi connectivity index (χ0v) is 23.1. The van der Waals surface area contributed by atoms with E-state index < -0.39 is 40.9 Å². The summed E-state index contributed by atoms with van der Waals surface area (Å²) < 4.78 is 46.4. The second kappa shape index (κ2) is 12.5. The molecule has 12 heteroatoms. The van der Waals surface area contributed by atoms with Crippen LogP contribution < -0.4 is 10.5 Å². The largest absolute Gasteiger partial charge is 0.478 e. The average Bonchev–Trinajstić information content (AvgIpc) is 3.39. The van der Waals surface area contributed by atoms with E-state index >= 15 is 0 Å². The Morgan fingerprint density at radius 1 is 1.07 bits per heavy atom. The first-order chi connectivity index (χ1) is 18.9. The molecule has 8 nitrogen and oxygen atoms in total. The molecule has 2 aliphatic rings. The summed E-state index contributed by atoms with van der Waals surface area (Å²) in [6.07, 6.45) is -0.755. The van der Waals surface area contributed by atoms with Gasteiger partial charge in [0.2, 0.25) is 5.91 Å². The van der Waals surface area contributed by atoms with Crippen molar-refractivity contribution >= 4 is 29.5 Å². The number of amides is 2. The molecular formula is C28H32F3N3O5S. The number of carboxylic acids is 1. The first-order valence-corrected chi connectivity index (χ1v) is 14.1. The van der Waals surface area contributed by atoms with Crippen LogP contribution in [0.25, 0.3) is 0 Å². The van der Waals surface area contributed by atoms with Crippen molar-refractivity contribution in [2.24, 2.45) is 11.7 Å². The summed E-state index contributed by atoms with van der Waals surface area (Å²) in [7, 11) is 0. The Kier molecular flexibility index (Phi) is 9.29. The lowest BCUT2D eigenvalue weighted by atomic mass is 9.99. The van der Waals surface area contributed by atoms with E-state index in [9.17, 15) is 32.7 Å². The van der Waals surface area contributed by atoms with Crippen molar-refractivity contribution in [3.63, 3.8) is 0 Å². The summed E-state index contributed by atoms with van der Waals surface area (Å²) in [5.74, 6) is -4.20. The smallest absolute Gasteiger partial charge is 0.345 e. The van der Waals surface area contributed by atoms with Crippen LogP contribution in [0.5, 0.6) is 5.75 Å². The second-order valence-electron chi connectivity index (χ2n) is 10.4. The highest BCUT2D eigenvalue weighted by atomic mass is 32.2. The molecule has 1 saturated heterocycles. The third-order valence-corrected chi connectivity index (χ3v) is 8.23. The number of hydrogen-bond donors (Lipinski definition) is 2. The first-order valence-electron chi connectivity index (χ1n) is 13.0. The number of halogens is 3. The Hall–Kier alpha value is -3.25. The predicted molar refractivity (Wildman–Crippen MR) is 143 cm³/mol. The summed E-state index contributed by atoms with van der Waals surface area (Å²) in [6, 6.07) is 5.68. The molecule has 4 rings (SSSR count). The van der Waals surface area contributed by atoms with E-state index in [1.165, 1.54) is 16.7 Å². The number of nitrogens with two attached hydrogens (primary N) is 1. The Labute approximate surface area is 234 Å². The topological polar surface area (TPSA) is 113 Å². The van der Waals surface area contributed by atoms with Gasteiger partial charge in [-0.25, -0.2) is 18.0 Å². The lowest BCUT2D eigenvalue weighted by Crippen LogP contribution is -2.49. The molecule has 2 heterocycles. The van der Waals surface area contributed by atoms with Crippen LogP contribution in [0.3, 0.4) is 0 Å². The quantitative estimate of drug-likeness (QED) is 0.438. The molecule has 2 aromatic rings. The molecule has 3 atom stereocenters. The molecule has 0 aliphatic carbocycles. The number of aliphatic carboxylic acids is 1. The zero-order chi connectivity index (χ0) is 29.1. The van der Waals surface area contributed by atoms with Crippen LogP contribution in [-0.4, -0.2) is 69.1 Å². The molecule has 1 fully saturated rings. The number of carbonyl (C=O) groups is 3. The zero-order valence-electron chi connectivity index (χ0n) is 22.2. The average molecular weight is 580 g/mol. The lowest BCUT2D eigenvalue weighted by molar-refractivity contribution is -0.147. The lowest BCUT2D eigenvalue weighted by Gasteiger charge is -2.33. The number of hydrogen-bond acceptors (Lipinski definition) is 6. The monoisotopic (exact) mass is 579 g/mol. The number of rotatable bonds is 9. The van der Waals surface area contributed by atoms with E-state index in [0.29, 0.717) is 43.6 Å². The van der Waals surface area contributed by atoms with E-state index in [-0.39, 0.29) is 36.1 Å². The van der Waals surface area contributed by atoms with Crippen LogP contribution >= 0.6 is 11.8 Å². The van der Waals surface area contributed by atoms with Crippen LogP contribution in [0.15, 0.2) is 30.3 Å². The van der Waals surface area contributed by atoms with Crippen LogP contribution in [0.1, 0.15) is 37.0 Å². The van der Waals surface area contributed by atoms with Gasteiger partial charge in [-0.15, -0.1) is 11.8 Å². The van der Waals surface area contributed by atoms with Crippen LogP contribution in [0.2, 0.25) is 0 Å². The van der Waals surface area contributed by atoms with Crippen molar-refractivity contribution < 1.29 is 37.4 Å². The van der Waals surface area contributed by atoms with E-state index in [1.54, 1.807) is 24.8 Å². The van der Waals surface area contributed by atoms with E-state index in [1.807, 2.05) is 12.1 Å². The maximum absolute atomic E-state index is 14.0. The summed E-state index contributed by atoms with van der Waals surface area (Å²) in [5, 5.41) is 8.68. The van der Waals surface area contributed by atoms with Crippen molar-refractivity contribution in [2.75, 3.05) is 18.8 Å².